The molecule has 3 heteroatoms. The Morgan fingerprint density at radius 2 is 1.74 bits per heavy atom. The van der Waals surface area contributed by atoms with E-state index in [0.29, 0.717) is 0 Å². The molecule has 0 spiro atoms. The second kappa shape index (κ2) is 5.93. The maximum absolute atomic E-state index is 4.47. The molecule has 2 rings (SSSR count). The summed E-state index contributed by atoms with van der Waals surface area (Å²) in [4.78, 5) is 8.94. The van der Waals surface area contributed by atoms with E-state index in [0.717, 1.165) is 17.9 Å². The average Bonchev–Trinajstić information content (AvgIpc) is 2.40. The molecule has 0 aliphatic heterocycles. The summed E-state index contributed by atoms with van der Waals surface area (Å²) < 4.78 is 0. The number of nitrogens with zero attached hydrogens (tertiary/aromatic N) is 2. The minimum absolute atomic E-state index is 0.0606. The topological polar surface area (TPSA) is 37.8 Å². The third kappa shape index (κ3) is 3.18. The Kier molecular flexibility index (Phi) is 4.27. The zero-order chi connectivity index (χ0) is 13.8. The Labute approximate surface area is 115 Å². The van der Waals surface area contributed by atoms with Gasteiger partial charge in [0.1, 0.15) is 5.82 Å². The Morgan fingerprint density at radius 1 is 1.05 bits per heavy atom. The first kappa shape index (κ1) is 13.7. The van der Waals surface area contributed by atoms with E-state index >= 15 is 0 Å². The highest BCUT2D eigenvalue weighted by atomic mass is 15.0. The van der Waals surface area contributed by atoms with Crippen LogP contribution in [0.3, 0.4) is 0 Å². The van der Waals surface area contributed by atoms with Crippen molar-refractivity contribution in [2.45, 2.75) is 33.7 Å². The summed E-state index contributed by atoms with van der Waals surface area (Å²) in [7, 11) is 0. The van der Waals surface area contributed by atoms with Crippen molar-refractivity contribution >= 4 is 0 Å². The molecule has 2 aromatic rings. The molecular formula is C16H21N3. The number of hydrogen-bond acceptors (Lipinski definition) is 3. The molecule has 1 aromatic carbocycles. The summed E-state index contributed by atoms with van der Waals surface area (Å²) in [5.41, 5.74) is 4.86. The second-order valence-electron chi connectivity index (χ2n) is 4.97. The van der Waals surface area contributed by atoms with Crippen LogP contribution in [-0.4, -0.2) is 16.5 Å². The molecule has 1 unspecified atom stereocenters. The van der Waals surface area contributed by atoms with Crippen molar-refractivity contribution in [2.75, 3.05) is 6.54 Å². The minimum Gasteiger partial charge on any atom is -0.304 e. The molecule has 3 nitrogen and oxygen atoms in total. The molecule has 100 valence electrons. The zero-order valence-corrected chi connectivity index (χ0v) is 12.1. The lowest BCUT2D eigenvalue weighted by Crippen LogP contribution is -2.24. The largest absolute Gasteiger partial charge is 0.304 e. The van der Waals surface area contributed by atoms with Crippen LogP contribution < -0.4 is 5.32 Å². The van der Waals surface area contributed by atoms with Gasteiger partial charge in [-0.3, -0.25) is 0 Å². The van der Waals surface area contributed by atoms with Crippen LogP contribution in [0.1, 0.15) is 41.0 Å². The predicted molar refractivity (Wildman–Crippen MR) is 78.2 cm³/mol. The lowest BCUT2D eigenvalue weighted by molar-refractivity contribution is 0.593. The van der Waals surface area contributed by atoms with Crippen molar-refractivity contribution in [3.05, 3.63) is 58.7 Å². The van der Waals surface area contributed by atoms with Gasteiger partial charge in [-0.15, -0.1) is 0 Å². The molecule has 19 heavy (non-hydrogen) atoms. The van der Waals surface area contributed by atoms with Crippen molar-refractivity contribution in [3.8, 4) is 0 Å². The van der Waals surface area contributed by atoms with Gasteiger partial charge in [0.05, 0.1) is 6.04 Å². The maximum atomic E-state index is 4.47. The SMILES string of the molecule is CCNC(c1ncc(C)cn1)c1cc(C)ccc1C. The van der Waals surface area contributed by atoms with Crippen LogP contribution in [0.25, 0.3) is 0 Å². The van der Waals surface area contributed by atoms with E-state index in [9.17, 15) is 0 Å². The van der Waals surface area contributed by atoms with E-state index in [1.165, 1.54) is 16.7 Å². The summed E-state index contributed by atoms with van der Waals surface area (Å²) >= 11 is 0. The average molecular weight is 255 g/mol. The van der Waals surface area contributed by atoms with Gasteiger partial charge >= 0.3 is 0 Å². The van der Waals surface area contributed by atoms with Crippen LogP contribution in [0.5, 0.6) is 0 Å². The van der Waals surface area contributed by atoms with Crippen molar-refractivity contribution in [3.63, 3.8) is 0 Å². The molecule has 0 saturated heterocycles. The number of nitrogens with one attached hydrogen (secondary N) is 1. The third-order valence-corrected chi connectivity index (χ3v) is 3.21. The molecule has 0 saturated carbocycles. The predicted octanol–water partition coefficient (Wildman–Crippen LogP) is 3.10. The summed E-state index contributed by atoms with van der Waals surface area (Å²) in [5, 5.41) is 3.48. The first-order chi connectivity index (χ1) is 9.11. The Hall–Kier alpha value is -1.74. The number of aryl methyl sites for hydroxylation is 3. The van der Waals surface area contributed by atoms with E-state index in [4.69, 9.17) is 0 Å². The van der Waals surface area contributed by atoms with Crippen molar-refractivity contribution in [2.24, 2.45) is 0 Å². The van der Waals surface area contributed by atoms with Crippen LogP contribution in [-0.2, 0) is 0 Å². The molecule has 0 fully saturated rings. The molecule has 0 bridgehead atoms. The molecule has 0 radical (unpaired) electrons. The van der Waals surface area contributed by atoms with Gasteiger partial charge in [-0.05, 0) is 44.0 Å². The lowest BCUT2D eigenvalue weighted by Gasteiger charge is -2.19. The molecule has 1 aromatic heterocycles. The van der Waals surface area contributed by atoms with Crippen LogP contribution in [0, 0.1) is 20.8 Å². The fraction of sp³-hybridized carbons (Fsp3) is 0.375. The first-order valence-corrected chi connectivity index (χ1v) is 6.71. The van der Waals surface area contributed by atoms with Crippen molar-refractivity contribution < 1.29 is 0 Å². The van der Waals surface area contributed by atoms with E-state index < -0.39 is 0 Å². The smallest absolute Gasteiger partial charge is 0.149 e. The van der Waals surface area contributed by atoms with E-state index in [1.807, 2.05) is 19.3 Å². The van der Waals surface area contributed by atoms with Gasteiger partial charge < -0.3 is 5.32 Å². The van der Waals surface area contributed by atoms with Gasteiger partial charge in [0.15, 0.2) is 0 Å². The molecule has 0 aliphatic rings. The Balaban J connectivity index is 2.44. The highest BCUT2D eigenvalue weighted by Gasteiger charge is 2.17. The fourth-order valence-electron chi connectivity index (χ4n) is 2.17. The number of aromatic nitrogens is 2. The van der Waals surface area contributed by atoms with Crippen LogP contribution >= 0.6 is 0 Å². The van der Waals surface area contributed by atoms with Crippen LogP contribution in [0.2, 0.25) is 0 Å². The molecule has 1 atom stereocenters. The third-order valence-electron chi connectivity index (χ3n) is 3.21. The molecule has 1 heterocycles. The molecule has 0 aliphatic carbocycles. The number of hydrogen-bond donors (Lipinski definition) is 1. The quantitative estimate of drug-likeness (QED) is 0.912. The monoisotopic (exact) mass is 255 g/mol. The second-order valence-corrected chi connectivity index (χ2v) is 4.97. The fourth-order valence-corrected chi connectivity index (χ4v) is 2.17. The van der Waals surface area contributed by atoms with Crippen molar-refractivity contribution in [1.29, 1.82) is 0 Å². The van der Waals surface area contributed by atoms with E-state index in [-0.39, 0.29) is 6.04 Å². The zero-order valence-electron chi connectivity index (χ0n) is 12.1. The normalized spacial score (nSPS) is 12.4. The summed E-state index contributed by atoms with van der Waals surface area (Å²) in [5.74, 6) is 0.834. The molecule has 0 amide bonds. The van der Waals surface area contributed by atoms with Crippen LogP contribution in [0.15, 0.2) is 30.6 Å². The number of rotatable bonds is 4. The van der Waals surface area contributed by atoms with Gasteiger partial charge in [0, 0.05) is 12.4 Å². The van der Waals surface area contributed by atoms with Gasteiger partial charge in [0.25, 0.3) is 0 Å². The summed E-state index contributed by atoms with van der Waals surface area (Å²) in [6, 6.07) is 6.57. The molecule has 1 N–H and O–H groups in total. The highest BCUT2D eigenvalue weighted by molar-refractivity contribution is 5.36. The van der Waals surface area contributed by atoms with Gasteiger partial charge in [-0.25, -0.2) is 9.97 Å². The van der Waals surface area contributed by atoms with Gasteiger partial charge in [-0.2, -0.15) is 0 Å². The summed E-state index contributed by atoms with van der Waals surface area (Å²) in [6.45, 7) is 9.24. The first-order valence-electron chi connectivity index (χ1n) is 6.71. The number of benzene rings is 1. The Bertz CT molecular complexity index is 546. The highest BCUT2D eigenvalue weighted by Crippen LogP contribution is 2.23. The standard InChI is InChI=1S/C16H21N3/c1-5-17-15(16-18-9-12(3)10-19-16)14-8-11(2)6-7-13(14)4/h6-10,15,17H,5H2,1-4H3. The Morgan fingerprint density at radius 3 is 2.37 bits per heavy atom. The molecular weight excluding hydrogens is 234 g/mol. The van der Waals surface area contributed by atoms with E-state index in [1.54, 1.807) is 0 Å². The van der Waals surface area contributed by atoms with Gasteiger partial charge in [0.2, 0.25) is 0 Å². The van der Waals surface area contributed by atoms with E-state index in [2.05, 4.69) is 54.3 Å². The lowest BCUT2D eigenvalue weighted by atomic mass is 9.98. The van der Waals surface area contributed by atoms with Gasteiger partial charge in [-0.1, -0.05) is 30.7 Å². The maximum Gasteiger partial charge on any atom is 0.149 e. The van der Waals surface area contributed by atoms with Crippen molar-refractivity contribution in [1.82, 2.24) is 15.3 Å². The van der Waals surface area contributed by atoms with Crippen LogP contribution in [0.4, 0.5) is 0 Å². The summed E-state index contributed by atoms with van der Waals surface area (Å²) in [6.07, 6.45) is 3.75. The minimum atomic E-state index is 0.0606.